The summed E-state index contributed by atoms with van der Waals surface area (Å²) in [6.07, 6.45) is 10.2. The quantitative estimate of drug-likeness (QED) is 0.521. The SMILES string of the molecule is O=C(c1cccnc1)N1C[C@@H](c2cccnc2)[C@H](c2nc(-c3ccncc3)no2)C1. The van der Waals surface area contributed by atoms with Gasteiger partial charge in [0.1, 0.15) is 0 Å². The highest BCUT2D eigenvalue weighted by Crippen LogP contribution is 2.39. The van der Waals surface area contributed by atoms with E-state index in [0.717, 1.165) is 11.1 Å². The van der Waals surface area contributed by atoms with Gasteiger partial charge < -0.3 is 9.42 Å². The van der Waals surface area contributed by atoms with Gasteiger partial charge >= 0.3 is 0 Å². The summed E-state index contributed by atoms with van der Waals surface area (Å²) in [5.41, 5.74) is 2.43. The number of rotatable bonds is 4. The summed E-state index contributed by atoms with van der Waals surface area (Å²) in [4.78, 5) is 31.8. The summed E-state index contributed by atoms with van der Waals surface area (Å²) in [5, 5.41) is 4.14. The zero-order valence-corrected chi connectivity index (χ0v) is 16.0. The lowest BCUT2D eigenvalue weighted by Crippen LogP contribution is -2.28. The molecule has 5 heterocycles. The van der Waals surface area contributed by atoms with Gasteiger partial charge in [-0.3, -0.25) is 19.7 Å². The first kappa shape index (κ1) is 18.1. The minimum Gasteiger partial charge on any atom is -0.339 e. The van der Waals surface area contributed by atoms with E-state index in [-0.39, 0.29) is 17.7 Å². The topological polar surface area (TPSA) is 97.9 Å². The number of carbonyl (C=O) groups is 1. The predicted molar refractivity (Wildman–Crippen MR) is 107 cm³/mol. The number of likely N-dealkylation sites (tertiary alicyclic amines) is 1. The van der Waals surface area contributed by atoms with Crippen molar-refractivity contribution in [2.45, 2.75) is 11.8 Å². The molecule has 8 heteroatoms. The van der Waals surface area contributed by atoms with E-state index >= 15 is 0 Å². The van der Waals surface area contributed by atoms with Crippen LogP contribution in [0.2, 0.25) is 0 Å². The van der Waals surface area contributed by atoms with Gasteiger partial charge in [-0.25, -0.2) is 0 Å². The van der Waals surface area contributed by atoms with Crippen LogP contribution in [-0.4, -0.2) is 49.0 Å². The number of hydrogen-bond donors (Lipinski definition) is 0. The fraction of sp³-hybridized carbons (Fsp3) is 0.182. The lowest BCUT2D eigenvalue weighted by Gasteiger charge is -2.16. The molecule has 1 fully saturated rings. The molecule has 0 aliphatic carbocycles. The van der Waals surface area contributed by atoms with Gasteiger partial charge in [-0.15, -0.1) is 0 Å². The van der Waals surface area contributed by atoms with Gasteiger partial charge in [-0.2, -0.15) is 4.98 Å². The summed E-state index contributed by atoms with van der Waals surface area (Å²) in [6.45, 7) is 1.02. The Labute approximate surface area is 172 Å². The predicted octanol–water partition coefficient (Wildman–Crippen LogP) is 2.95. The van der Waals surface area contributed by atoms with E-state index in [0.29, 0.717) is 30.4 Å². The molecular weight excluding hydrogens is 380 g/mol. The van der Waals surface area contributed by atoms with Crippen molar-refractivity contribution in [3.63, 3.8) is 0 Å². The number of amides is 1. The van der Waals surface area contributed by atoms with Crippen molar-refractivity contribution in [1.29, 1.82) is 0 Å². The Balaban J connectivity index is 1.47. The van der Waals surface area contributed by atoms with Crippen LogP contribution in [-0.2, 0) is 0 Å². The molecule has 2 atom stereocenters. The van der Waals surface area contributed by atoms with E-state index in [1.165, 1.54) is 0 Å². The maximum Gasteiger partial charge on any atom is 0.255 e. The Morgan fingerprint density at radius 3 is 2.40 bits per heavy atom. The lowest BCUT2D eigenvalue weighted by atomic mass is 9.90. The molecule has 4 aromatic heterocycles. The highest BCUT2D eigenvalue weighted by atomic mass is 16.5. The monoisotopic (exact) mass is 398 g/mol. The van der Waals surface area contributed by atoms with Gasteiger partial charge in [0.05, 0.1) is 11.5 Å². The maximum absolute atomic E-state index is 13.0. The zero-order valence-electron chi connectivity index (χ0n) is 16.0. The van der Waals surface area contributed by atoms with Gasteiger partial charge in [0.15, 0.2) is 0 Å². The molecule has 0 radical (unpaired) electrons. The Morgan fingerprint density at radius 1 is 0.900 bits per heavy atom. The average molecular weight is 398 g/mol. The van der Waals surface area contributed by atoms with E-state index in [1.54, 1.807) is 43.1 Å². The fourth-order valence-electron chi connectivity index (χ4n) is 3.83. The van der Waals surface area contributed by atoms with E-state index in [9.17, 15) is 4.79 Å². The second kappa shape index (κ2) is 7.82. The second-order valence-electron chi connectivity index (χ2n) is 7.14. The molecule has 5 rings (SSSR count). The van der Waals surface area contributed by atoms with Crippen LogP contribution >= 0.6 is 0 Å². The number of nitrogens with zero attached hydrogens (tertiary/aromatic N) is 6. The Kier molecular flexibility index (Phi) is 4.72. The first-order valence-electron chi connectivity index (χ1n) is 9.63. The molecule has 8 nitrogen and oxygen atoms in total. The molecule has 30 heavy (non-hydrogen) atoms. The van der Waals surface area contributed by atoms with Crippen molar-refractivity contribution in [3.8, 4) is 11.4 Å². The Hall–Kier alpha value is -3.94. The number of aromatic nitrogens is 5. The van der Waals surface area contributed by atoms with Gasteiger partial charge in [0, 0.05) is 61.8 Å². The molecule has 1 aliphatic heterocycles. The van der Waals surface area contributed by atoms with Crippen molar-refractivity contribution in [3.05, 3.63) is 90.6 Å². The molecule has 0 saturated carbocycles. The van der Waals surface area contributed by atoms with Crippen LogP contribution in [0, 0.1) is 0 Å². The van der Waals surface area contributed by atoms with Crippen molar-refractivity contribution < 1.29 is 9.32 Å². The molecule has 0 unspecified atom stereocenters. The molecule has 1 aliphatic rings. The highest BCUT2D eigenvalue weighted by Gasteiger charge is 2.40. The Morgan fingerprint density at radius 2 is 1.67 bits per heavy atom. The summed E-state index contributed by atoms with van der Waals surface area (Å²) >= 11 is 0. The van der Waals surface area contributed by atoms with E-state index in [1.807, 2.05) is 35.4 Å². The molecule has 0 N–H and O–H groups in total. The fourth-order valence-corrected chi connectivity index (χ4v) is 3.83. The first-order valence-corrected chi connectivity index (χ1v) is 9.63. The molecular formula is C22H18N6O2. The summed E-state index contributed by atoms with van der Waals surface area (Å²) < 4.78 is 5.64. The minimum atomic E-state index is -0.127. The number of pyridine rings is 3. The van der Waals surface area contributed by atoms with Gasteiger partial charge in [0.25, 0.3) is 5.91 Å². The van der Waals surface area contributed by atoms with Crippen molar-refractivity contribution in [1.82, 2.24) is 30.0 Å². The van der Waals surface area contributed by atoms with Gasteiger partial charge in [0.2, 0.25) is 11.7 Å². The standard InChI is InChI=1S/C22H18N6O2/c29-22(17-4-2-8-25-12-17)28-13-18(16-3-1-7-24-11-16)19(14-28)21-26-20(27-30-21)15-5-9-23-10-6-15/h1-12,18-19H,13-14H2/t18-,19+/m0/s1. The van der Waals surface area contributed by atoms with Gasteiger partial charge in [-0.05, 0) is 35.9 Å². The third-order valence-corrected chi connectivity index (χ3v) is 5.33. The molecule has 1 amide bonds. The number of carbonyl (C=O) groups excluding carboxylic acids is 1. The normalized spacial score (nSPS) is 18.5. The summed E-state index contributed by atoms with van der Waals surface area (Å²) in [5.74, 6) is 0.836. The molecule has 0 spiro atoms. The maximum atomic E-state index is 13.0. The minimum absolute atomic E-state index is 0.00469. The van der Waals surface area contributed by atoms with Crippen molar-refractivity contribution in [2.24, 2.45) is 0 Å². The molecule has 0 aromatic carbocycles. The van der Waals surface area contributed by atoms with Crippen molar-refractivity contribution >= 4 is 5.91 Å². The van der Waals surface area contributed by atoms with Crippen LogP contribution in [0.1, 0.15) is 33.6 Å². The number of hydrogen-bond acceptors (Lipinski definition) is 7. The zero-order chi connectivity index (χ0) is 20.3. The van der Waals surface area contributed by atoms with Crippen LogP contribution in [0.25, 0.3) is 11.4 Å². The van der Waals surface area contributed by atoms with E-state index in [2.05, 4.69) is 25.1 Å². The van der Waals surface area contributed by atoms with Crippen LogP contribution < -0.4 is 0 Å². The van der Waals surface area contributed by atoms with E-state index in [4.69, 9.17) is 4.52 Å². The van der Waals surface area contributed by atoms with Crippen LogP contribution in [0.4, 0.5) is 0 Å². The third-order valence-electron chi connectivity index (χ3n) is 5.33. The largest absolute Gasteiger partial charge is 0.339 e. The van der Waals surface area contributed by atoms with Gasteiger partial charge in [-0.1, -0.05) is 11.2 Å². The van der Waals surface area contributed by atoms with Crippen LogP contribution in [0.5, 0.6) is 0 Å². The molecule has 0 bridgehead atoms. The summed E-state index contributed by atoms with van der Waals surface area (Å²) in [6, 6.07) is 11.1. The highest BCUT2D eigenvalue weighted by molar-refractivity contribution is 5.94. The van der Waals surface area contributed by atoms with Crippen LogP contribution in [0.15, 0.2) is 78.1 Å². The van der Waals surface area contributed by atoms with E-state index < -0.39 is 0 Å². The molecule has 148 valence electrons. The second-order valence-corrected chi connectivity index (χ2v) is 7.14. The smallest absolute Gasteiger partial charge is 0.255 e. The average Bonchev–Trinajstić information content (AvgIpc) is 3.48. The third kappa shape index (κ3) is 3.43. The Bertz CT molecular complexity index is 1130. The first-order chi connectivity index (χ1) is 14.8. The molecule has 4 aromatic rings. The van der Waals surface area contributed by atoms with Crippen molar-refractivity contribution in [2.75, 3.05) is 13.1 Å². The lowest BCUT2D eigenvalue weighted by molar-refractivity contribution is 0.0787. The molecule has 1 saturated heterocycles. The van der Waals surface area contributed by atoms with Crippen LogP contribution in [0.3, 0.4) is 0 Å². The summed E-state index contributed by atoms with van der Waals surface area (Å²) in [7, 11) is 0.